The Balaban J connectivity index is 0.786. The van der Waals surface area contributed by atoms with E-state index in [1.165, 1.54) is 32.6 Å². The van der Waals surface area contributed by atoms with Gasteiger partial charge in [-0.1, -0.05) is 15.6 Å². The number of methoxy groups -OCH3 is 1. The highest BCUT2D eigenvalue weighted by atomic mass is 19.1. The number of hydrogen-bond donors (Lipinski definition) is 12. The highest BCUT2D eigenvalue weighted by molar-refractivity contribution is 5.99. The van der Waals surface area contributed by atoms with E-state index < -0.39 is 336 Å². The maximum absolute atomic E-state index is 16.5. The fourth-order valence-corrected chi connectivity index (χ4v) is 16.7. The van der Waals surface area contributed by atoms with Crippen molar-refractivity contribution < 1.29 is 150 Å². The maximum Gasteiger partial charge on any atom is 0.328 e. The number of likely N-dealkylation sites (tertiary alicyclic amines) is 7. The lowest BCUT2D eigenvalue weighted by Crippen LogP contribution is -2.59. The smallest absolute Gasteiger partial charge is 0.328 e. The molecule has 29 atom stereocenters. The quantitative estimate of drug-likeness (QED) is 0.0328. The molecule has 112 heavy (non-hydrogen) atoms. The molecule has 10 aliphatic rings. The molecule has 0 radical (unpaired) electrons. The lowest BCUT2D eigenvalue weighted by atomic mass is 9.99. The van der Waals surface area contributed by atoms with Crippen molar-refractivity contribution in [2.75, 3.05) is 72.7 Å². The molecule has 0 aromatic carbocycles. The Bertz CT molecular complexity index is 3890. The number of aromatic nitrogens is 9. The van der Waals surface area contributed by atoms with Crippen LogP contribution in [-0.4, -0.2) is 420 Å². The molecule has 3 aromatic rings. The van der Waals surface area contributed by atoms with Gasteiger partial charge in [0.05, 0.1) is 110 Å². The Morgan fingerprint density at radius 2 is 0.625 bits per heavy atom. The summed E-state index contributed by atoms with van der Waals surface area (Å²) in [5.41, 5.74) is 0.0864. The molecule has 0 bridgehead atoms. The zero-order valence-electron chi connectivity index (χ0n) is 60.3. The largest absolute Gasteiger partial charge is 0.467 e. The lowest BCUT2D eigenvalue weighted by molar-refractivity contribution is -0.304. The first kappa shape index (κ1) is 82.2. The number of hydrogen-bond acceptors (Lipinski definition) is 33. The zero-order valence-corrected chi connectivity index (χ0v) is 60.3. The second-order valence-corrected chi connectivity index (χ2v) is 29.8. The Morgan fingerprint density at radius 3 is 0.902 bits per heavy atom. The zero-order chi connectivity index (χ0) is 80.3. The van der Waals surface area contributed by atoms with Crippen molar-refractivity contribution in [3.8, 4) is 0 Å². The molecule has 620 valence electrons. The van der Waals surface area contributed by atoms with E-state index >= 15 is 36.7 Å². The average molecular weight is 1600 g/mol. The third-order valence-corrected chi connectivity index (χ3v) is 22.7. The van der Waals surface area contributed by atoms with Crippen LogP contribution in [0.3, 0.4) is 0 Å². The average Bonchev–Trinajstić information content (AvgIpc) is 1.60. The Hall–Kier alpha value is -7.82. The SMILES string of the molecule is COC(=O)[C@@H]1C[C@H](F)CN1C(=O)[C@@H]1C[C@H](n2cc(CO[C@@H]3O[C@H](CO)[C@H](O)[C@H](O)[C@H]3O)nn2)CN1C(=O)[C@@H]1C[C@H](F)CN1C(=O)[C@@H]1C[C@H](n2cc(CO[C@@H]3O[C@H](CO)[C@H](O)[C@H](O)[C@H]3O)nn2)CN1C(=O)[C@@H]1C[C@H](F)CN1C(=O)[C@@H]1C[C@H](n2cc(CO[C@@H]3O[C@H](CO)[C@H](O)[C@H](O)[C@H]3O)nn2)CN1C(=O)[C@@H]1C[C@H](F)CN1C(C)=O. The van der Waals surface area contributed by atoms with Gasteiger partial charge in [-0.05, 0) is 0 Å². The molecule has 0 spiro atoms. The van der Waals surface area contributed by atoms with Crippen LogP contribution in [0.2, 0.25) is 0 Å². The van der Waals surface area contributed by atoms with Crippen LogP contribution >= 0.6 is 0 Å². The van der Waals surface area contributed by atoms with Gasteiger partial charge in [0.25, 0.3) is 0 Å². The van der Waals surface area contributed by atoms with Crippen LogP contribution in [0, 0.1) is 0 Å². The second kappa shape index (κ2) is 33.9. The first-order valence-electron chi connectivity index (χ1n) is 36.6. The molecule has 0 aliphatic carbocycles. The molecule has 0 unspecified atom stereocenters. The number of amides is 7. The van der Waals surface area contributed by atoms with Crippen LogP contribution in [0.1, 0.15) is 87.1 Å². The van der Waals surface area contributed by atoms with Crippen LogP contribution in [0.15, 0.2) is 18.6 Å². The summed E-state index contributed by atoms with van der Waals surface area (Å²) in [6.07, 6.45) is -31.7. The fraction of sp³-hybridized carbons (Fsp3) is 0.785. The van der Waals surface area contributed by atoms with Crippen molar-refractivity contribution in [2.45, 2.75) is 249 Å². The summed E-state index contributed by atoms with van der Waals surface area (Å²) >= 11 is 0. The predicted octanol–water partition coefficient (Wildman–Crippen LogP) is -9.81. The predicted molar refractivity (Wildman–Crippen MR) is 351 cm³/mol. The standard InChI is InChI=1S/C65H90F4N16O27/c1-26(89)76-10-27(66)3-37(76)56(99)80-17-34(83-14-31(70-73-83)23-107-63-53(96)50(93)47(90)44(20-86)110-63)7-40(80)59(102)77-11-28(67)4-38(77)57(100)81-18-35(84-15-32(71-74-84)24-108-64-54(97)51(94)48(91)45(21-87)111-64)8-41(81)60(103)78-12-29(68)5-39(78)58(101)82-19-36(9-42(82)61(104)79-13-30(69)6-43(79)62(105)106-2)85-16-33(72-75-85)25-109-65-55(98)52(95)49(92)46(22-88)112-65/h14-16,27-30,34-55,63-65,86-88,90-98H,3-13,17-25H2,1-2H3/t27-,28-,29-,30-,34-,35-,36-,37-,38-,39-,40-,41-,42-,43-,44+,45+,46+,47-,48-,49-,50-,51-,52-,53+,54+,55+,63+,64+,65+/m0/s1. The van der Waals surface area contributed by atoms with E-state index in [0.717, 1.165) is 48.3 Å². The summed E-state index contributed by atoms with van der Waals surface area (Å²) in [7, 11) is 1.02. The number of halogens is 4. The van der Waals surface area contributed by atoms with E-state index in [-0.39, 0.29) is 36.5 Å². The molecule has 12 N–H and O–H groups in total. The maximum atomic E-state index is 16.5. The van der Waals surface area contributed by atoms with Gasteiger partial charge in [0.1, 0.15) is 157 Å². The molecular weight excluding hydrogens is 1510 g/mol. The van der Waals surface area contributed by atoms with Crippen LogP contribution in [0.4, 0.5) is 17.6 Å². The van der Waals surface area contributed by atoms with Gasteiger partial charge in [0, 0.05) is 71.5 Å². The van der Waals surface area contributed by atoms with Crippen LogP contribution in [-0.2, 0) is 91.3 Å². The van der Waals surface area contributed by atoms with Gasteiger partial charge in [-0.3, -0.25) is 33.6 Å². The van der Waals surface area contributed by atoms with Crippen molar-refractivity contribution in [3.63, 3.8) is 0 Å². The normalized spacial score (nSPS) is 38.4. The topological polar surface area (TPSA) is 559 Å². The van der Waals surface area contributed by atoms with Gasteiger partial charge in [-0.25, -0.2) is 36.4 Å². The molecule has 13 rings (SSSR count). The van der Waals surface area contributed by atoms with Crippen molar-refractivity contribution >= 4 is 47.3 Å². The molecule has 13 heterocycles. The third-order valence-electron chi connectivity index (χ3n) is 22.7. The molecule has 43 nitrogen and oxygen atoms in total. The Labute approximate surface area is 632 Å². The third kappa shape index (κ3) is 16.2. The molecule has 10 saturated heterocycles. The molecule has 47 heteroatoms. The number of rotatable bonds is 22. The van der Waals surface area contributed by atoms with E-state index in [1.54, 1.807) is 0 Å². The summed E-state index contributed by atoms with van der Waals surface area (Å²) in [6.45, 7) is -6.71. The summed E-state index contributed by atoms with van der Waals surface area (Å²) in [5, 5.41) is 148. The van der Waals surface area contributed by atoms with E-state index in [2.05, 4.69) is 30.9 Å². The highest BCUT2D eigenvalue weighted by Gasteiger charge is 2.58. The van der Waals surface area contributed by atoms with Gasteiger partial charge in [-0.15, -0.1) is 15.3 Å². The van der Waals surface area contributed by atoms with Crippen molar-refractivity contribution in [1.82, 2.24) is 79.3 Å². The molecule has 10 aliphatic heterocycles. The Morgan fingerprint density at radius 1 is 0.375 bits per heavy atom. The number of carbonyl (C=O) groups excluding carboxylic acids is 8. The van der Waals surface area contributed by atoms with Gasteiger partial charge in [-0.2, -0.15) is 0 Å². The molecule has 3 aromatic heterocycles. The van der Waals surface area contributed by atoms with Gasteiger partial charge in [0.2, 0.25) is 41.4 Å². The number of aliphatic hydroxyl groups is 12. The number of ether oxygens (including phenoxy) is 7. The summed E-state index contributed by atoms with van der Waals surface area (Å²) in [4.78, 5) is 125. The minimum atomic E-state index is -1.97. The summed E-state index contributed by atoms with van der Waals surface area (Å²) in [6, 6.07) is -14.6. The van der Waals surface area contributed by atoms with E-state index in [9.17, 15) is 80.5 Å². The first-order chi connectivity index (χ1) is 53.4. The number of nitrogens with zero attached hydrogens (tertiary/aromatic N) is 16. The highest BCUT2D eigenvalue weighted by Crippen LogP contribution is 2.41. The van der Waals surface area contributed by atoms with Crippen LogP contribution < -0.4 is 0 Å². The molecular formula is C65H90F4N16O27. The molecule has 7 amide bonds. The summed E-state index contributed by atoms with van der Waals surface area (Å²) in [5.74, 6) is -7.76. The van der Waals surface area contributed by atoms with Crippen molar-refractivity contribution in [3.05, 3.63) is 35.7 Å². The Kier molecular flexibility index (Phi) is 24.9. The van der Waals surface area contributed by atoms with E-state index in [0.29, 0.717) is 0 Å². The van der Waals surface area contributed by atoms with Gasteiger partial charge < -0.3 is 129 Å². The van der Waals surface area contributed by atoms with Crippen molar-refractivity contribution in [1.29, 1.82) is 0 Å². The van der Waals surface area contributed by atoms with Crippen LogP contribution in [0.5, 0.6) is 0 Å². The fourth-order valence-electron chi connectivity index (χ4n) is 16.7. The molecule has 0 saturated carbocycles. The minimum absolute atomic E-state index is 0.00286. The minimum Gasteiger partial charge on any atom is -0.467 e. The van der Waals surface area contributed by atoms with E-state index in [1.807, 2.05) is 0 Å². The van der Waals surface area contributed by atoms with Crippen molar-refractivity contribution in [2.24, 2.45) is 0 Å². The number of carbonyl (C=O) groups is 8. The number of esters is 1. The second-order valence-electron chi connectivity index (χ2n) is 29.8. The monoisotopic (exact) mass is 1600 g/mol. The number of alkyl halides is 4. The summed E-state index contributed by atoms with van der Waals surface area (Å²) < 4.78 is 106. The van der Waals surface area contributed by atoms with Gasteiger partial charge >= 0.3 is 5.97 Å². The number of aliphatic hydroxyl groups excluding tert-OH is 12. The van der Waals surface area contributed by atoms with Crippen LogP contribution in [0.25, 0.3) is 0 Å². The van der Waals surface area contributed by atoms with Gasteiger partial charge in [0.15, 0.2) is 18.9 Å². The first-order valence-corrected chi connectivity index (χ1v) is 36.6. The van der Waals surface area contributed by atoms with E-state index in [4.69, 9.17) is 33.2 Å². The lowest BCUT2D eigenvalue weighted by Gasteiger charge is -2.39. The molecule has 10 fully saturated rings.